The predicted molar refractivity (Wildman–Crippen MR) is 74.1 cm³/mol. The smallest absolute Gasteiger partial charge is 0.220 e. The summed E-state index contributed by atoms with van der Waals surface area (Å²) in [5.41, 5.74) is 0.711. The van der Waals surface area contributed by atoms with Gasteiger partial charge >= 0.3 is 0 Å². The van der Waals surface area contributed by atoms with Gasteiger partial charge in [0.05, 0.1) is 0 Å². The van der Waals surface area contributed by atoms with E-state index in [1.807, 2.05) is 18.2 Å². The summed E-state index contributed by atoms with van der Waals surface area (Å²) in [4.78, 5) is 23.2. The zero-order chi connectivity index (χ0) is 13.9. The standard InChI is InChI=1S/C15H21NO3/c1-19-12-6-11-16-15(18)10-5-9-14(17)13-7-3-2-4-8-13/h2-4,7-8H,5-6,9-12H2,1H3,(H,16,18). The summed E-state index contributed by atoms with van der Waals surface area (Å²) in [6.07, 6.45) is 2.20. The molecule has 1 N–H and O–H groups in total. The maximum Gasteiger partial charge on any atom is 0.220 e. The molecule has 0 aromatic heterocycles. The minimum Gasteiger partial charge on any atom is -0.385 e. The van der Waals surface area contributed by atoms with Crippen LogP contribution in [0.5, 0.6) is 0 Å². The number of hydrogen-bond donors (Lipinski definition) is 1. The number of ether oxygens (including phenoxy) is 1. The zero-order valence-corrected chi connectivity index (χ0v) is 11.4. The molecule has 0 spiro atoms. The van der Waals surface area contributed by atoms with E-state index in [9.17, 15) is 9.59 Å². The topological polar surface area (TPSA) is 55.4 Å². The van der Waals surface area contributed by atoms with E-state index in [4.69, 9.17) is 4.74 Å². The number of benzene rings is 1. The number of methoxy groups -OCH3 is 1. The Morgan fingerprint density at radius 3 is 2.53 bits per heavy atom. The van der Waals surface area contributed by atoms with Gasteiger partial charge in [-0.3, -0.25) is 9.59 Å². The van der Waals surface area contributed by atoms with E-state index in [0.717, 1.165) is 6.42 Å². The highest BCUT2D eigenvalue weighted by Crippen LogP contribution is 2.06. The minimum absolute atomic E-state index is 0.00281. The van der Waals surface area contributed by atoms with Crippen LogP contribution in [0.25, 0.3) is 0 Å². The molecular weight excluding hydrogens is 242 g/mol. The van der Waals surface area contributed by atoms with Gasteiger partial charge in [0.15, 0.2) is 5.78 Å². The molecule has 0 heterocycles. The van der Waals surface area contributed by atoms with Crippen molar-refractivity contribution in [1.29, 1.82) is 0 Å². The molecule has 0 saturated heterocycles. The molecule has 0 aliphatic carbocycles. The molecule has 0 bridgehead atoms. The maximum absolute atomic E-state index is 11.8. The molecule has 4 nitrogen and oxygen atoms in total. The predicted octanol–water partition coefficient (Wildman–Crippen LogP) is 2.19. The molecule has 0 saturated carbocycles. The van der Waals surface area contributed by atoms with E-state index in [-0.39, 0.29) is 11.7 Å². The third-order valence-electron chi connectivity index (χ3n) is 2.75. The lowest BCUT2D eigenvalue weighted by atomic mass is 10.1. The Kier molecular flexibility index (Phi) is 7.51. The molecule has 0 aliphatic heterocycles. The van der Waals surface area contributed by atoms with Crippen molar-refractivity contribution in [3.05, 3.63) is 35.9 Å². The third kappa shape index (κ3) is 6.72. The Hall–Kier alpha value is -1.68. The van der Waals surface area contributed by atoms with Crippen LogP contribution in [0.2, 0.25) is 0 Å². The lowest BCUT2D eigenvalue weighted by Crippen LogP contribution is -2.25. The number of ketones is 1. The summed E-state index contributed by atoms with van der Waals surface area (Å²) in [6.45, 7) is 1.27. The highest BCUT2D eigenvalue weighted by Gasteiger charge is 2.06. The van der Waals surface area contributed by atoms with Gasteiger partial charge < -0.3 is 10.1 Å². The molecule has 0 fully saturated rings. The highest BCUT2D eigenvalue weighted by atomic mass is 16.5. The van der Waals surface area contributed by atoms with Gasteiger partial charge in [0.2, 0.25) is 5.91 Å². The maximum atomic E-state index is 11.8. The summed E-state index contributed by atoms with van der Waals surface area (Å²) in [5.74, 6) is 0.0877. The lowest BCUT2D eigenvalue weighted by Gasteiger charge is -2.04. The normalized spacial score (nSPS) is 10.2. The molecule has 0 unspecified atom stereocenters. The average Bonchev–Trinajstić information content (AvgIpc) is 2.44. The van der Waals surface area contributed by atoms with Gasteiger partial charge in [-0.25, -0.2) is 0 Å². The number of carbonyl (C=O) groups is 2. The Labute approximate surface area is 114 Å². The average molecular weight is 263 g/mol. The molecule has 1 aromatic carbocycles. The number of carbonyl (C=O) groups excluding carboxylic acids is 2. The first-order chi connectivity index (χ1) is 9.24. The highest BCUT2D eigenvalue weighted by molar-refractivity contribution is 5.96. The van der Waals surface area contributed by atoms with E-state index in [1.165, 1.54) is 0 Å². The van der Waals surface area contributed by atoms with Crippen LogP contribution in [0.4, 0.5) is 0 Å². The van der Waals surface area contributed by atoms with Crippen LogP contribution in [-0.4, -0.2) is 32.0 Å². The summed E-state index contributed by atoms with van der Waals surface area (Å²) < 4.78 is 4.89. The summed E-state index contributed by atoms with van der Waals surface area (Å²) in [7, 11) is 1.64. The van der Waals surface area contributed by atoms with Crippen molar-refractivity contribution in [3.8, 4) is 0 Å². The van der Waals surface area contributed by atoms with Crippen LogP contribution < -0.4 is 5.32 Å². The van der Waals surface area contributed by atoms with E-state index >= 15 is 0 Å². The second-order valence-electron chi connectivity index (χ2n) is 4.34. The number of nitrogens with one attached hydrogen (secondary N) is 1. The monoisotopic (exact) mass is 263 g/mol. The molecule has 0 atom stereocenters. The van der Waals surface area contributed by atoms with Gasteiger partial charge in [0.25, 0.3) is 0 Å². The molecule has 4 heteroatoms. The Morgan fingerprint density at radius 2 is 1.84 bits per heavy atom. The first-order valence-electron chi connectivity index (χ1n) is 6.58. The van der Waals surface area contributed by atoms with E-state index < -0.39 is 0 Å². The fraction of sp³-hybridized carbons (Fsp3) is 0.467. The summed E-state index contributed by atoms with van der Waals surface area (Å²) in [5, 5.41) is 2.80. The van der Waals surface area contributed by atoms with Crippen LogP contribution >= 0.6 is 0 Å². The molecule has 104 valence electrons. The van der Waals surface area contributed by atoms with Crippen LogP contribution in [0.1, 0.15) is 36.0 Å². The van der Waals surface area contributed by atoms with Crippen LogP contribution in [-0.2, 0) is 9.53 Å². The largest absolute Gasteiger partial charge is 0.385 e. The van der Waals surface area contributed by atoms with Crippen LogP contribution in [0, 0.1) is 0 Å². The fourth-order valence-electron chi connectivity index (χ4n) is 1.71. The molecule has 19 heavy (non-hydrogen) atoms. The summed E-state index contributed by atoms with van der Waals surface area (Å²) >= 11 is 0. The first kappa shape index (κ1) is 15.4. The zero-order valence-electron chi connectivity index (χ0n) is 11.4. The number of amides is 1. The fourth-order valence-corrected chi connectivity index (χ4v) is 1.71. The molecule has 0 radical (unpaired) electrons. The van der Waals surface area contributed by atoms with Crippen molar-refractivity contribution in [2.45, 2.75) is 25.7 Å². The van der Waals surface area contributed by atoms with Gasteiger partial charge in [-0.2, -0.15) is 0 Å². The minimum atomic E-state index is -0.00281. The Morgan fingerprint density at radius 1 is 1.11 bits per heavy atom. The van der Waals surface area contributed by atoms with Gasteiger partial charge in [-0.05, 0) is 12.8 Å². The first-order valence-corrected chi connectivity index (χ1v) is 6.58. The molecular formula is C15H21NO3. The Balaban J connectivity index is 2.13. The van der Waals surface area contributed by atoms with Crippen molar-refractivity contribution in [1.82, 2.24) is 5.32 Å². The second kappa shape index (κ2) is 9.28. The van der Waals surface area contributed by atoms with Crippen molar-refractivity contribution in [2.75, 3.05) is 20.3 Å². The number of Topliss-reactive ketones (excluding diaryl/α,β-unsaturated/α-hetero) is 1. The van der Waals surface area contributed by atoms with Crippen molar-refractivity contribution >= 4 is 11.7 Å². The molecule has 1 aromatic rings. The van der Waals surface area contributed by atoms with Crippen LogP contribution in [0.15, 0.2) is 30.3 Å². The second-order valence-corrected chi connectivity index (χ2v) is 4.34. The third-order valence-corrected chi connectivity index (χ3v) is 2.75. The van der Waals surface area contributed by atoms with Crippen molar-refractivity contribution < 1.29 is 14.3 Å². The van der Waals surface area contributed by atoms with Crippen molar-refractivity contribution in [2.24, 2.45) is 0 Å². The molecule has 1 rings (SSSR count). The van der Waals surface area contributed by atoms with Crippen LogP contribution in [0.3, 0.4) is 0 Å². The number of hydrogen-bond acceptors (Lipinski definition) is 3. The SMILES string of the molecule is COCCCNC(=O)CCCC(=O)c1ccccc1. The Bertz CT molecular complexity index is 390. The van der Waals surface area contributed by atoms with Gasteiger partial charge in [0, 0.05) is 38.7 Å². The molecule has 1 amide bonds. The van der Waals surface area contributed by atoms with Gasteiger partial charge in [0.1, 0.15) is 0 Å². The molecule has 0 aliphatic rings. The van der Waals surface area contributed by atoms with E-state index in [0.29, 0.717) is 38.0 Å². The summed E-state index contributed by atoms with van der Waals surface area (Å²) in [6, 6.07) is 9.16. The van der Waals surface area contributed by atoms with Gasteiger partial charge in [-0.15, -0.1) is 0 Å². The van der Waals surface area contributed by atoms with E-state index in [2.05, 4.69) is 5.32 Å². The lowest BCUT2D eigenvalue weighted by molar-refractivity contribution is -0.121. The van der Waals surface area contributed by atoms with E-state index in [1.54, 1.807) is 19.2 Å². The van der Waals surface area contributed by atoms with Gasteiger partial charge in [-0.1, -0.05) is 30.3 Å². The van der Waals surface area contributed by atoms with Crippen molar-refractivity contribution in [3.63, 3.8) is 0 Å². The number of rotatable bonds is 9. The quantitative estimate of drug-likeness (QED) is 0.549.